The van der Waals surface area contributed by atoms with Crippen molar-refractivity contribution in [3.05, 3.63) is 49.9 Å². The number of carboxylic acids is 1. The van der Waals surface area contributed by atoms with Crippen LogP contribution >= 0.6 is 23.1 Å². The number of rotatable bonds is 4. The minimum absolute atomic E-state index is 0.0216. The van der Waals surface area contributed by atoms with Crippen molar-refractivity contribution in [1.82, 2.24) is 9.88 Å². The van der Waals surface area contributed by atoms with Gasteiger partial charge in [-0.2, -0.15) is 0 Å². The van der Waals surface area contributed by atoms with Gasteiger partial charge in [-0.1, -0.05) is 35.6 Å². The lowest BCUT2D eigenvalue weighted by Gasteiger charge is -2.43. The van der Waals surface area contributed by atoms with E-state index in [9.17, 15) is 19.2 Å². The zero-order valence-corrected chi connectivity index (χ0v) is 18.9. The van der Waals surface area contributed by atoms with E-state index < -0.39 is 5.97 Å². The predicted octanol–water partition coefficient (Wildman–Crippen LogP) is 2.69. The van der Waals surface area contributed by atoms with Crippen LogP contribution < -0.4 is 4.87 Å². The third kappa shape index (κ3) is 2.67. The van der Waals surface area contributed by atoms with E-state index in [4.69, 9.17) is 5.11 Å². The van der Waals surface area contributed by atoms with Gasteiger partial charge in [-0.05, 0) is 42.2 Å². The Kier molecular flexibility index (Phi) is 4.46. The maximum atomic E-state index is 13.3. The first kappa shape index (κ1) is 20.2. The first-order valence-electron chi connectivity index (χ1n) is 10.9. The molecule has 0 radical (unpaired) electrons. The second kappa shape index (κ2) is 7.05. The summed E-state index contributed by atoms with van der Waals surface area (Å²) in [5.41, 5.74) is 2.34. The lowest BCUT2D eigenvalue weighted by Crippen LogP contribution is -2.42. The number of thioether (sulfide) groups is 1. The fraction of sp³-hybridized carbons (Fsp3) is 0.478. The molecule has 6 rings (SSSR count). The second-order valence-electron chi connectivity index (χ2n) is 9.29. The molecule has 7 atom stereocenters. The standard InChI is InChI=1S/C23H22N2O5S2/c1-9-4-2-3-5-10(9)14-15-11-8-12(18(15)31-20-19(14)32-23(30)24-20)17-16(11)21(28)25(22(17)29)7-6-13(26)27/h2-5,11-12,14-18H,6-8H2,1H3,(H,24,30)(H,26,27)/t11-,12+,14-,15-,16+,17+,18-/m1/s1. The van der Waals surface area contributed by atoms with Crippen LogP contribution in [0.25, 0.3) is 0 Å². The van der Waals surface area contributed by atoms with Crippen LogP contribution in [0, 0.1) is 36.5 Å². The highest BCUT2D eigenvalue weighted by molar-refractivity contribution is 8.00. The Morgan fingerprint density at radius 2 is 1.88 bits per heavy atom. The number of thiazole rings is 1. The van der Waals surface area contributed by atoms with Crippen molar-refractivity contribution in [3.63, 3.8) is 0 Å². The summed E-state index contributed by atoms with van der Waals surface area (Å²) in [7, 11) is 0. The number of amides is 2. The first-order valence-corrected chi connectivity index (χ1v) is 12.6. The highest BCUT2D eigenvalue weighted by Crippen LogP contribution is 2.68. The van der Waals surface area contributed by atoms with Crippen molar-refractivity contribution in [2.45, 2.75) is 36.0 Å². The SMILES string of the molecule is Cc1ccccc1[C@H]1c2sc(=O)[nH]c2S[C@@H]2[C@H]3C[C@@H]([C@@H]4C(=O)N(CCC(=O)O)C(=O)[C@@H]34)[C@H]12. The van der Waals surface area contributed by atoms with Crippen LogP contribution in [0.2, 0.25) is 0 Å². The summed E-state index contributed by atoms with van der Waals surface area (Å²) >= 11 is 2.92. The molecule has 2 aliphatic carbocycles. The summed E-state index contributed by atoms with van der Waals surface area (Å²) in [4.78, 5) is 55.0. The van der Waals surface area contributed by atoms with Crippen molar-refractivity contribution in [3.8, 4) is 0 Å². The molecule has 0 spiro atoms. The van der Waals surface area contributed by atoms with Gasteiger partial charge in [0.1, 0.15) is 0 Å². The third-order valence-corrected chi connectivity index (χ3v) is 10.5. The van der Waals surface area contributed by atoms with Gasteiger partial charge in [0, 0.05) is 22.6 Å². The van der Waals surface area contributed by atoms with E-state index in [-0.39, 0.29) is 70.4 Å². The fourth-order valence-electron chi connectivity index (χ4n) is 6.79. The highest BCUT2D eigenvalue weighted by atomic mass is 32.2. The average Bonchev–Trinajstić information content (AvgIpc) is 3.46. The molecule has 1 aromatic carbocycles. The highest BCUT2D eigenvalue weighted by Gasteiger charge is 2.69. The van der Waals surface area contributed by atoms with E-state index in [0.717, 1.165) is 21.9 Å². The van der Waals surface area contributed by atoms with Gasteiger partial charge in [0.15, 0.2) is 0 Å². The van der Waals surface area contributed by atoms with E-state index >= 15 is 0 Å². The second-order valence-corrected chi connectivity index (χ2v) is 11.5. The van der Waals surface area contributed by atoms with Gasteiger partial charge >= 0.3 is 10.8 Å². The molecule has 3 fully saturated rings. The number of likely N-dealkylation sites (tertiary alicyclic amines) is 1. The predicted molar refractivity (Wildman–Crippen MR) is 119 cm³/mol. The number of H-pyrrole nitrogens is 1. The smallest absolute Gasteiger partial charge is 0.305 e. The van der Waals surface area contributed by atoms with Crippen LogP contribution in [-0.2, 0) is 14.4 Å². The maximum absolute atomic E-state index is 13.3. The molecule has 2 bridgehead atoms. The van der Waals surface area contributed by atoms with Crippen LogP contribution in [0.1, 0.15) is 34.8 Å². The number of fused-ring (bicyclic) bond motifs is 9. The molecule has 4 aliphatic rings. The van der Waals surface area contributed by atoms with E-state index in [1.807, 2.05) is 12.1 Å². The molecule has 0 unspecified atom stereocenters. The Balaban J connectivity index is 1.43. The molecule has 2 N–H and O–H groups in total. The van der Waals surface area contributed by atoms with Crippen LogP contribution in [0.5, 0.6) is 0 Å². The van der Waals surface area contributed by atoms with Crippen molar-refractivity contribution in [1.29, 1.82) is 0 Å². The minimum atomic E-state index is -1.01. The van der Waals surface area contributed by atoms with Crippen LogP contribution in [0.15, 0.2) is 34.1 Å². The molecule has 32 heavy (non-hydrogen) atoms. The average molecular weight is 471 g/mol. The van der Waals surface area contributed by atoms with Gasteiger partial charge in [0.2, 0.25) is 11.8 Å². The lowest BCUT2D eigenvalue weighted by atomic mass is 9.67. The third-order valence-electron chi connectivity index (χ3n) is 7.89. The molecule has 2 aromatic rings. The van der Waals surface area contributed by atoms with Gasteiger partial charge in [-0.25, -0.2) is 0 Å². The molecule has 2 aliphatic heterocycles. The molecule has 7 nitrogen and oxygen atoms in total. The maximum Gasteiger partial charge on any atom is 0.305 e. The van der Waals surface area contributed by atoms with Gasteiger partial charge in [0.05, 0.1) is 23.3 Å². The molecule has 2 amide bonds. The van der Waals surface area contributed by atoms with Gasteiger partial charge in [-0.15, -0.1) is 11.8 Å². The number of carbonyl (C=O) groups excluding carboxylic acids is 2. The number of imide groups is 1. The van der Waals surface area contributed by atoms with Crippen LogP contribution in [0.4, 0.5) is 0 Å². The molecule has 166 valence electrons. The summed E-state index contributed by atoms with van der Waals surface area (Å²) in [6, 6.07) is 8.22. The topological polar surface area (TPSA) is 108 Å². The number of aliphatic carboxylic acids is 1. The number of benzene rings is 1. The molecule has 1 aromatic heterocycles. The number of carboxylic acid groups (broad SMARTS) is 1. The summed E-state index contributed by atoms with van der Waals surface area (Å²) in [5, 5.41) is 10.1. The number of carbonyl (C=O) groups is 3. The Bertz CT molecular complexity index is 1220. The number of hydrogen-bond donors (Lipinski definition) is 2. The Labute approximate surface area is 192 Å². The summed E-state index contributed by atoms with van der Waals surface area (Å²) in [5.74, 6) is -1.83. The summed E-state index contributed by atoms with van der Waals surface area (Å²) < 4.78 is 0. The number of hydrogen-bond acceptors (Lipinski definition) is 6. The van der Waals surface area contributed by atoms with E-state index in [2.05, 4.69) is 24.0 Å². The van der Waals surface area contributed by atoms with Gasteiger partial charge in [0.25, 0.3) is 0 Å². The Morgan fingerprint density at radius 3 is 2.59 bits per heavy atom. The zero-order chi connectivity index (χ0) is 22.3. The Morgan fingerprint density at radius 1 is 1.16 bits per heavy atom. The van der Waals surface area contributed by atoms with Crippen LogP contribution in [-0.4, -0.2) is 44.6 Å². The van der Waals surface area contributed by atoms with Crippen molar-refractivity contribution >= 4 is 40.9 Å². The number of aromatic nitrogens is 1. The monoisotopic (exact) mass is 470 g/mol. The number of aromatic amines is 1. The summed E-state index contributed by atoms with van der Waals surface area (Å²) in [6.45, 7) is 2.03. The summed E-state index contributed by atoms with van der Waals surface area (Å²) in [6.07, 6.45) is 0.613. The molecular formula is C23H22N2O5S2. The molecule has 2 saturated carbocycles. The van der Waals surface area contributed by atoms with E-state index in [1.54, 1.807) is 11.8 Å². The van der Waals surface area contributed by atoms with Crippen molar-refractivity contribution < 1.29 is 19.5 Å². The molecular weight excluding hydrogens is 448 g/mol. The normalized spacial score (nSPS) is 34.5. The quantitative estimate of drug-likeness (QED) is 0.666. The van der Waals surface area contributed by atoms with E-state index in [0.29, 0.717) is 0 Å². The largest absolute Gasteiger partial charge is 0.481 e. The lowest BCUT2D eigenvalue weighted by molar-refractivity contribution is -0.142. The van der Waals surface area contributed by atoms with Gasteiger partial charge in [-0.3, -0.25) is 24.1 Å². The van der Waals surface area contributed by atoms with Crippen LogP contribution in [0.3, 0.4) is 0 Å². The van der Waals surface area contributed by atoms with Gasteiger partial charge < -0.3 is 10.1 Å². The number of nitrogens with zero attached hydrogens (tertiary/aromatic N) is 1. The molecule has 9 heteroatoms. The number of nitrogens with one attached hydrogen (secondary N) is 1. The van der Waals surface area contributed by atoms with Crippen molar-refractivity contribution in [2.75, 3.05) is 6.54 Å². The number of aryl methyl sites for hydroxylation is 1. The first-order chi connectivity index (χ1) is 15.4. The molecule has 3 heterocycles. The fourth-order valence-corrected chi connectivity index (χ4v) is 9.67. The molecule has 1 saturated heterocycles. The Hall–Kier alpha value is -2.39. The minimum Gasteiger partial charge on any atom is -0.481 e. The van der Waals surface area contributed by atoms with Crippen molar-refractivity contribution in [2.24, 2.45) is 29.6 Å². The zero-order valence-electron chi connectivity index (χ0n) is 17.3. The van der Waals surface area contributed by atoms with E-state index in [1.165, 1.54) is 21.8 Å².